The van der Waals surface area contributed by atoms with Gasteiger partial charge in [0.1, 0.15) is 6.10 Å². The van der Waals surface area contributed by atoms with Gasteiger partial charge in [0.25, 0.3) is 0 Å². The molecule has 0 radical (unpaired) electrons. The van der Waals surface area contributed by atoms with Crippen LogP contribution in [0.25, 0.3) is 0 Å². The number of nitrogens with zero attached hydrogens (tertiary/aromatic N) is 1. The van der Waals surface area contributed by atoms with E-state index in [1.165, 1.54) is 4.88 Å². The topological polar surface area (TPSA) is 55.6 Å². The summed E-state index contributed by atoms with van der Waals surface area (Å²) in [5.74, 6) is 0.195. The molecule has 2 N–H and O–H groups in total. The Hall–Kier alpha value is -0.910. The zero-order valence-corrected chi connectivity index (χ0v) is 10.6. The van der Waals surface area contributed by atoms with Gasteiger partial charge in [0.2, 0.25) is 5.91 Å². The molecule has 0 spiro atoms. The average Bonchev–Trinajstić information content (AvgIpc) is 2.90. The summed E-state index contributed by atoms with van der Waals surface area (Å²) < 4.78 is 5.70. The minimum Gasteiger partial charge on any atom is -0.369 e. The number of carbonyl (C=O) groups is 1. The Morgan fingerprint density at radius 1 is 1.65 bits per heavy atom. The van der Waals surface area contributed by atoms with Gasteiger partial charge in [-0.1, -0.05) is 6.07 Å². The number of hydrogen-bond acceptors (Lipinski definition) is 4. The van der Waals surface area contributed by atoms with E-state index in [0.29, 0.717) is 32.7 Å². The van der Waals surface area contributed by atoms with Crippen molar-refractivity contribution in [3.8, 4) is 0 Å². The van der Waals surface area contributed by atoms with E-state index in [1.807, 2.05) is 16.3 Å². The minimum atomic E-state index is 0.0468. The molecular weight excluding hydrogens is 236 g/mol. The fourth-order valence-electron chi connectivity index (χ4n) is 1.93. The number of thiophene rings is 1. The van der Waals surface area contributed by atoms with Gasteiger partial charge in [0.05, 0.1) is 13.2 Å². The molecule has 2 rings (SSSR count). The summed E-state index contributed by atoms with van der Waals surface area (Å²) in [6.07, 6.45) is 1.36. The Labute approximate surface area is 105 Å². The molecular formula is C12H18N2O2S. The molecule has 1 atom stereocenters. The van der Waals surface area contributed by atoms with E-state index >= 15 is 0 Å². The van der Waals surface area contributed by atoms with Crippen LogP contribution >= 0.6 is 11.3 Å². The van der Waals surface area contributed by atoms with Gasteiger partial charge >= 0.3 is 0 Å². The van der Waals surface area contributed by atoms with Crippen molar-refractivity contribution in [2.24, 2.45) is 5.73 Å². The van der Waals surface area contributed by atoms with E-state index in [9.17, 15) is 4.79 Å². The number of morpholine rings is 1. The summed E-state index contributed by atoms with van der Waals surface area (Å²) in [6.45, 7) is 2.57. The number of ether oxygens (including phenoxy) is 1. The van der Waals surface area contributed by atoms with Crippen molar-refractivity contribution in [1.29, 1.82) is 0 Å². The molecule has 1 aromatic rings. The number of rotatable bonds is 4. The lowest BCUT2D eigenvalue weighted by atomic mass is 10.2. The molecule has 1 saturated heterocycles. The first-order valence-corrected chi connectivity index (χ1v) is 6.82. The predicted molar refractivity (Wildman–Crippen MR) is 67.9 cm³/mol. The largest absolute Gasteiger partial charge is 0.369 e. The van der Waals surface area contributed by atoms with Crippen LogP contribution in [0.4, 0.5) is 0 Å². The second-order valence-corrected chi connectivity index (χ2v) is 5.09. The molecule has 2 heterocycles. The quantitative estimate of drug-likeness (QED) is 0.883. The van der Waals surface area contributed by atoms with Crippen molar-refractivity contribution in [2.75, 3.05) is 26.2 Å². The SMILES string of the molecule is NCCCC(=O)N1CCOC(c2cccs2)C1. The molecule has 94 valence electrons. The van der Waals surface area contributed by atoms with E-state index in [4.69, 9.17) is 10.5 Å². The van der Waals surface area contributed by atoms with Crippen molar-refractivity contribution >= 4 is 17.2 Å². The summed E-state index contributed by atoms with van der Waals surface area (Å²) in [6, 6.07) is 4.07. The molecule has 1 fully saturated rings. The second kappa shape index (κ2) is 6.14. The Balaban J connectivity index is 1.90. The highest BCUT2D eigenvalue weighted by Gasteiger charge is 2.25. The number of hydrogen-bond donors (Lipinski definition) is 1. The van der Waals surface area contributed by atoms with Crippen LogP contribution in [0, 0.1) is 0 Å². The van der Waals surface area contributed by atoms with Crippen LogP contribution in [0.2, 0.25) is 0 Å². The van der Waals surface area contributed by atoms with Crippen molar-refractivity contribution < 1.29 is 9.53 Å². The van der Waals surface area contributed by atoms with Crippen molar-refractivity contribution in [2.45, 2.75) is 18.9 Å². The van der Waals surface area contributed by atoms with Crippen LogP contribution in [0.1, 0.15) is 23.8 Å². The smallest absolute Gasteiger partial charge is 0.222 e. The van der Waals surface area contributed by atoms with Gasteiger partial charge in [-0.3, -0.25) is 4.79 Å². The van der Waals surface area contributed by atoms with Crippen LogP contribution < -0.4 is 5.73 Å². The van der Waals surface area contributed by atoms with E-state index in [2.05, 4.69) is 6.07 Å². The summed E-state index contributed by atoms with van der Waals surface area (Å²) in [5.41, 5.74) is 5.42. The summed E-state index contributed by atoms with van der Waals surface area (Å²) in [7, 11) is 0. The zero-order valence-electron chi connectivity index (χ0n) is 9.80. The zero-order chi connectivity index (χ0) is 12.1. The summed E-state index contributed by atoms with van der Waals surface area (Å²) in [4.78, 5) is 15.0. The van der Waals surface area contributed by atoms with E-state index in [1.54, 1.807) is 11.3 Å². The maximum atomic E-state index is 11.9. The Kier molecular flexibility index (Phi) is 4.53. The molecule has 0 bridgehead atoms. The van der Waals surface area contributed by atoms with Crippen LogP contribution in [-0.4, -0.2) is 37.0 Å². The van der Waals surface area contributed by atoms with Gasteiger partial charge in [-0.15, -0.1) is 11.3 Å². The maximum Gasteiger partial charge on any atom is 0.222 e. The molecule has 1 aromatic heterocycles. The van der Waals surface area contributed by atoms with Gasteiger partial charge in [-0.2, -0.15) is 0 Å². The second-order valence-electron chi connectivity index (χ2n) is 4.11. The highest BCUT2D eigenvalue weighted by atomic mass is 32.1. The lowest BCUT2D eigenvalue weighted by molar-refractivity contribution is -0.138. The third-order valence-electron chi connectivity index (χ3n) is 2.87. The molecule has 17 heavy (non-hydrogen) atoms. The number of carbonyl (C=O) groups excluding carboxylic acids is 1. The molecule has 1 unspecified atom stereocenters. The molecule has 0 aliphatic carbocycles. The maximum absolute atomic E-state index is 11.9. The molecule has 5 heteroatoms. The summed E-state index contributed by atoms with van der Waals surface area (Å²) in [5, 5.41) is 2.04. The Bertz CT molecular complexity index is 353. The molecule has 0 aromatic carbocycles. The molecule has 4 nitrogen and oxygen atoms in total. The minimum absolute atomic E-state index is 0.0468. The van der Waals surface area contributed by atoms with Crippen LogP contribution in [0.5, 0.6) is 0 Å². The van der Waals surface area contributed by atoms with Crippen molar-refractivity contribution in [1.82, 2.24) is 4.90 Å². The number of amides is 1. The first kappa shape index (κ1) is 12.5. The van der Waals surface area contributed by atoms with Gasteiger partial charge in [-0.25, -0.2) is 0 Å². The van der Waals surface area contributed by atoms with Gasteiger partial charge in [-0.05, 0) is 24.4 Å². The Morgan fingerprint density at radius 3 is 3.24 bits per heavy atom. The predicted octanol–water partition coefficient (Wildman–Crippen LogP) is 1.39. The van der Waals surface area contributed by atoms with Gasteiger partial charge in [0, 0.05) is 17.8 Å². The fraction of sp³-hybridized carbons (Fsp3) is 0.583. The van der Waals surface area contributed by atoms with Crippen LogP contribution in [-0.2, 0) is 9.53 Å². The van der Waals surface area contributed by atoms with Crippen molar-refractivity contribution in [3.05, 3.63) is 22.4 Å². The molecule has 1 aliphatic heterocycles. The number of nitrogens with two attached hydrogens (primary N) is 1. The normalized spacial score (nSPS) is 20.5. The Morgan fingerprint density at radius 2 is 2.53 bits per heavy atom. The van der Waals surface area contributed by atoms with E-state index in [0.717, 1.165) is 6.42 Å². The first-order valence-electron chi connectivity index (χ1n) is 5.94. The first-order chi connectivity index (χ1) is 8.31. The highest BCUT2D eigenvalue weighted by molar-refractivity contribution is 7.10. The van der Waals surface area contributed by atoms with Gasteiger partial charge < -0.3 is 15.4 Å². The fourth-order valence-corrected chi connectivity index (χ4v) is 2.70. The highest BCUT2D eigenvalue weighted by Crippen LogP contribution is 2.26. The monoisotopic (exact) mass is 254 g/mol. The van der Waals surface area contributed by atoms with E-state index in [-0.39, 0.29) is 12.0 Å². The lowest BCUT2D eigenvalue weighted by Crippen LogP contribution is -2.42. The van der Waals surface area contributed by atoms with Gasteiger partial charge in [0.15, 0.2) is 0 Å². The van der Waals surface area contributed by atoms with Crippen LogP contribution in [0.15, 0.2) is 17.5 Å². The third-order valence-corrected chi connectivity index (χ3v) is 3.84. The van der Waals surface area contributed by atoms with E-state index < -0.39 is 0 Å². The van der Waals surface area contributed by atoms with Crippen molar-refractivity contribution in [3.63, 3.8) is 0 Å². The average molecular weight is 254 g/mol. The molecule has 1 aliphatic rings. The standard InChI is InChI=1S/C12H18N2O2S/c13-5-1-4-12(15)14-6-7-16-10(9-14)11-3-2-8-17-11/h2-3,8,10H,1,4-7,9,13H2. The van der Waals surface area contributed by atoms with Crippen LogP contribution in [0.3, 0.4) is 0 Å². The third kappa shape index (κ3) is 3.28. The molecule has 1 amide bonds. The summed E-state index contributed by atoms with van der Waals surface area (Å²) >= 11 is 1.68. The molecule has 0 saturated carbocycles. The lowest BCUT2D eigenvalue weighted by Gasteiger charge is -2.32.